The van der Waals surface area contributed by atoms with Crippen molar-refractivity contribution in [2.45, 2.75) is 0 Å². The van der Waals surface area contributed by atoms with E-state index >= 15 is 0 Å². The first-order valence-electron chi connectivity index (χ1n) is 5.28. The summed E-state index contributed by atoms with van der Waals surface area (Å²) in [6.45, 7) is -4.00. The van der Waals surface area contributed by atoms with E-state index in [-0.39, 0.29) is 11.5 Å². The smallest absolute Gasteiger partial charge is 0.406 e. The molecule has 100 valence electrons. The van der Waals surface area contributed by atoms with Gasteiger partial charge >= 0.3 is 6.80 Å². The van der Waals surface area contributed by atoms with Crippen molar-refractivity contribution in [1.82, 2.24) is 0 Å². The number of hydrogen-bond acceptors (Lipinski definition) is 4. The molecule has 1 atom stereocenters. The van der Waals surface area contributed by atoms with Gasteiger partial charge in [0.05, 0.1) is 0 Å². The fourth-order valence-electron chi connectivity index (χ4n) is 1.30. The molecule has 0 amide bonds. The summed E-state index contributed by atoms with van der Waals surface area (Å²) in [6.07, 6.45) is 0. The van der Waals surface area contributed by atoms with Crippen LogP contribution in [0.5, 0.6) is 11.5 Å². The lowest BCUT2D eigenvalue weighted by Gasteiger charge is -2.16. The van der Waals surface area contributed by atoms with Gasteiger partial charge in [-0.15, -0.1) is 0 Å². The maximum atomic E-state index is 12.4. The Labute approximate surface area is 117 Å². The molecule has 2 rings (SSSR count). The van der Waals surface area contributed by atoms with Crippen LogP contribution >= 0.6 is 17.5 Å². The van der Waals surface area contributed by atoms with Crippen molar-refractivity contribution in [3.8, 4) is 11.5 Å². The summed E-state index contributed by atoms with van der Waals surface area (Å²) in [5.41, 5.74) is 0. The predicted octanol–water partition coefficient (Wildman–Crippen LogP) is 4.16. The molecule has 0 radical (unpaired) electrons. The van der Waals surface area contributed by atoms with Crippen LogP contribution in [0.25, 0.3) is 0 Å². The predicted molar refractivity (Wildman–Crippen MR) is 75.7 cm³/mol. The lowest BCUT2D eigenvalue weighted by Crippen LogP contribution is -2.03. The largest absolute Gasteiger partial charge is 0.537 e. The second kappa shape index (κ2) is 6.24. The maximum Gasteiger partial charge on any atom is 0.537 e. The first-order valence-corrected chi connectivity index (χ1v) is 9.40. The summed E-state index contributed by atoms with van der Waals surface area (Å²) < 4.78 is 34.2. The molecule has 0 aliphatic rings. The zero-order valence-electron chi connectivity index (χ0n) is 9.64. The van der Waals surface area contributed by atoms with Crippen LogP contribution in [0.1, 0.15) is 0 Å². The van der Waals surface area contributed by atoms with Crippen molar-refractivity contribution < 1.29 is 17.8 Å². The van der Waals surface area contributed by atoms with Crippen molar-refractivity contribution >= 4 is 27.1 Å². The highest BCUT2D eigenvalue weighted by atomic mass is 35.7. The van der Waals surface area contributed by atoms with Gasteiger partial charge < -0.3 is 9.05 Å². The SMILES string of the molecule is O=S(Cl)P(=O)(Oc1ccccc1)Oc1ccccc1. The van der Waals surface area contributed by atoms with Crippen molar-refractivity contribution in [2.75, 3.05) is 0 Å². The molecule has 2 aromatic rings. The highest BCUT2D eigenvalue weighted by Crippen LogP contribution is 2.53. The summed E-state index contributed by atoms with van der Waals surface area (Å²) in [7, 11) is 3.16. The van der Waals surface area contributed by atoms with E-state index in [4.69, 9.17) is 19.7 Å². The van der Waals surface area contributed by atoms with Gasteiger partial charge in [0.15, 0.2) is 0 Å². The molecule has 7 heteroatoms. The van der Waals surface area contributed by atoms with Gasteiger partial charge in [-0.2, -0.15) is 0 Å². The molecule has 1 unspecified atom stereocenters. The van der Waals surface area contributed by atoms with E-state index in [0.29, 0.717) is 0 Å². The molecule has 0 aliphatic carbocycles. The van der Waals surface area contributed by atoms with Gasteiger partial charge in [-0.1, -0.05) is 36.4 Å². The Bertz CT molecular complexity index is 560. The van der Waals surface area contributed by atoms with Gasteiger partial charge in [0.2, 0.25) is 0 Å². The molecule has 19 heavy (non-hydrogen) atoms. The Morgan fingerprint density at radius 2 is 1.21 bits per heavy atom. The average molecular weight is 317 g/mol. The van der Waals surface area contributed by atoms with E-state index in [9.17, 15) is 8.77 Å². The van der Waals surface area contributed by atoms with Crippen LogP contribution < -0.4 is 9.05 Å². The fourth-order valence-corrected chi connectivity index (χ4v) is 3.59. The van der Waals surface area contributed by atoms with Gasteiger partial charge in [0.25, 0.3) is 9.63 Å². The van der Waals surface area contributed by atoms with Crippen LogP contribution in [0.15, 0.2) is 60.7 Å². The Morgan fingerprint density at radius 3 is 1.53 bits per heavy atom. The zero-order valence-corrected chi connectivity index (χ0v) is 12.1. The average Bonchev–Trinajstić information content (AvgIpc) is 2.40. The molecule has 0 N–H and O–H groups in total. The molecule has 0 heterocycles. The number of benzene rings is 2. The molecule has 0 saturated heterocycles. The molecule has 0 spiro atoms. The fraction of sp³-hybridized carbons (Fsp3) is 0. The highest BCUT2D eigenvalue weighted by Gasteiger charge is 2.36. The molecular formula is C12H10ClO4PS. The van der Waals surface area contributed by atoms with Gasteiger partial charge in [0.1, 0.15) is 11.5 Å². The van der Waals surface area contributed by atoms with E-state index in [0.717, 1.165) is 0 Å². The lowest BCUT2D eigenvalue weighted by molar-refractivity contribution is 0.406. The highest BCUT2D eigenvalue weighted by molar-refractivity contribution is 8.57. The molecule has 0 aromatic heterocycles. The molecule has 0 bridgehead atoms. The molecule has 0 saturated carbocycles. The van der Waals surface area contributed by atoms with Gasteiger partial charge in [0, 0.05) is 10.7 Å². The molecule has 4 nitrogen and oxygen atoms in total. The summed E-state index contributed by atoms with van der Waals surface area (Å²) in [5.74, 6) is 0.548. The number of para-hydroxylation sites is 2. The van der Waals surface area contributed by atoms with E-state index in [1.807, 2.05) is 0 Å². The number of hydrogen-bond donors (Lipinski definition) is 0. The standard InChI is InChI=1S/C12H10ClO4PS/c13-19(15)18(14,16-11-7-3-1-4-8-11)17-12-9-5-2-6-10-12/h1-10H. The third-order valence-electron chi connectivity index (χ3n) is 2.10. The second-order valence-electron chi connectivity index (χ2n) is 3.46. The quantitative estimate of drug-likeness (QED) is 0.614. The van der Waals surface area contributed by atoms with Gasteiger partial charge in [-0.05, 0) is 24.3 Å². The molecular weight excluding hydrogens is 307 g/mol. The third-order valence-corrected chi connectivity index (χ3v) is 6.34. The first-order chi connectivity index (χ1) is 9.10. The van der Waals surface area contributed by atoms with Crippen molar-refractivity contribution in [1.29, 1.82) is 0 Å². The molecule has 0 fully saturated rings. The van der Waals surface area contributed by atoms with Crippen LogP contribution in [0.4, 0.5) is 0 Å². The minimum atomic E-state index is -4.00. The first kappa shape index (κ1) is 14.1. The summed E-state index contributed by atoms with van der Waals surface area (Å²) in [4.78, 5) is 0. The van der Waals surface area contributed by atoms with Crippen LogP contribution in [0, 0.1) is 0 Å². The Morgan fingerprint density at radius 1 is 0.842 bits per heavy atom. The topological polar surface area (TPSA) is 52.6 Å². The van der Waals surface area contributed by atoms with Gasteiger partial charge in [-0.3, -0.25) is 0 Å². The number of halogens is 1. The van der Waals surface area contributed by atoms with Crippen LogP contribution in [0.2, 0.25) is 0 Å². The van der Waals surface area contributed by atoms with E-state index in [2.05, 4.69) is 0 Å². The summed E-state index contributed by atoms with van der Waals surface area (Å²) in [6, 6.07) is 16.6. The molecule has 0 aliphatic heterocycles. The minimum Gasteiger partial charge on any atom is -0.406 e. The Hall–Kier alpha value is -1.29. The lowest BCUT2D eigenvalue weighted by atomic mass is 10.3. The second-order valence-corrected chi connectivity index (χ2v) is 8.96. The Kier molecular flexibility index (Phi) is 4.64. The minimum absolute atomic E-state index is 0.274. The third kappa shape index (κ3) is 3.83. The van der Waals surface area contributed by atoms with Crippen molar-refractivity contribution in [3.05, 3.63) is 60.7 Å². The summed E-state index contributed by atoms with van der Waals surface area (Å²) >= 11 is 0. The van der Waals surface area contributed by atoms with Crippen LogP contribution in [-0.2, 0) is 14.2 Å². The van der Waals surface area contributed by atoms with Crippen LogP contribution in [-0.4, -0.2) is 4.21 Å². The van der Waals surface area contributed by atoms with Crippen molar-refractivity contribution in [2.24, 2.45) is 0 Å². The Balaban J connectivity index is 2.24. The van der Waals surface area contributed by atoms with Crippen LogP contribution in [0.3, 0.4) is 0 Å². The van der Waals surface area contributed by atoms with E-state index in [1.165, 1.54) is 0 Å². The molecule has 2 aromatic carbocycles. The zero-order chi connectivity index (χ0) is 13.7. The van der Waals surface area contributed by atoms with E-state index < -0.39 is 16.4 Å². The number of rotatable bonds is 5. The normalized spacial score (nSPS) is 12.7. The van der Waals surface area contributed by atoms with Crippen molar-refractivity contribution in [3.63, 3.8) is 0 Å². The maximum absolute atomic E-state index is 12.4. The summed E-state index contributed by atoms with van der Waals surface area (Å²) in [5, 5.41) is 0. The van der Waals surface area contributed by atoms with Gasteiger partial charge in [-0.25, -0.2) is 8.77 Å². The monoisotopic (exact) mass is 316 g/mol. The van der Waals surface area contributed by atoms with E-state index in [1.54, 1.807) is 60.7 Å².